The van der Waals surface area contributed by atoms with Crippen molar-refractivity contribution in [2.45, 2.75) is 26.7 Å². The highest BCUT2D eigenvalue weighted by Gasteiger charge is 2.26. The molecular weight excluding hydrogens is 282 g/mol. The number of rotatable bonds is 1. The van der Waals surface area contributed by atoms with Crippen LogP contribution in [0.25, 0.3) is 0 Å². The van der Waals surface area contributed by atoms with Crippen LogP contribution in [0.2, 0.25) is 0 Å². The standard InChI is InChI=1S/C12H18BrN3O/c1-8-5-4-6-16(7-8)12(17)11-10(13)9(2)14-15(11)3/h8H,4-7H2,1-3H3. The van der Waals surface area contributed by atoms with Crippen LogP contribution in [-0.4, -0.2) is 33.7 Å². The van der Waals surface area contributed by atoms with Crippen molar-refractivity contribution in [3.05, 3.63) is 15.9 Å². The van der Waals surface area contributed by atoms with Crippen LogP contribution in [0.5, 0.6) is 0 Å². The summed E-state index contributed by atoms with van der Waals surface area (Å²) in [4.78, 5) is 14.4. The Morgan fingerprint density at radius 1 is 1.53 bits per heavy atom. The van der Waals surface area contributed by atoms with Crippen molar-refractivity contribution in [3.8, 4) is 0 Å². The van der Waals surface area contributed by atoms with Crippen molar-refractivity contribution < 1.29 is 4.79 Å². The topological polar surface area (TPSA) is 38.1 Å². The Kier molecular flexibility index (Phi) is 3.56. The summed E-state index contributed by atoms with van der Waals surface area (Å²) in [7, 11) is 1.82. The van der Waals surface area contributed by atoms with Gasteiger partial charge in [-0.2, -0.15) is 5.10 Å². The van der Waals surface area contributed by atoms with Crippen molar-refractivity contribution in [2.24, 2.45) is 13.0 Å². The summed E-state index contributed by atoms with van der Waals surface area (Å²) >= 11 is 3.45. The van der Waals surface area contributed by atoms with Crippen LogP contribution >= 0.6 is 15.9 Å². The molecule has 0 aromatic carbocycles. The number of hydrogen-bond acceptors (Lipinski definition) is 2. The molecule has 17 heavy (non-hydrogen) atoms. The van der Waals surface area contributed by atoms with Crippen molar-refractivity contribution in [1.29, 1.82) is 0 Å². The van der Waals surface area contributed by atoms with E-state index in [1.165, 1.54) is 6.42 Å². The Labute approximate surface area is 110 Å². The van der Waals surface area contributed by atoms with Gasteiger partial charge in [-0.3, -0.25) is 9.48 Å². The molecule has 0 radical (unpaired) electrons. The maximum atomic E-state index is 12.4. The van der Waals surface area contributed by atoms with Crippen molar-refractivity contribution in [3.63, 3.8) is 0 Å². The monoisotopic (exact) mass is 299 g/mol. The molecule has 1 aromatic rings. The molecule has 1 unspecified atom stereocenters. The maximum Gasteiger partial charge on any atom is 0.273 e. The molecule has 94 valence electrons. The highest BCUT2D eigenvalue weighted by molar-refractivity contribution is 9.10. The predicted octanol–water partition coefficient (Wildman–Crippen LogP) is 2.36. The van der Waals surface area contributed by atoms with Gasteiger partial charge in [-0.1, -0.05) is 6.92 Å². The van der Waals surface area contributed by atoms with E-state index in [0.29, 0.717) is 11.6 Å². The molecule has 4 nitrogen and oxygen atoms in total. The molecule has 1 aliphatic rings. The second kappa shape index (κ2) is 4.80. The number of carbonyl (C=O) groups is 1. The van der Waals surface area contributed by atoms with E-state index in [2.05, 4.69) is 28.0 Å². The van der Waals surface area contributed by atoms with Gasteiger partial charge in [-0.25, -0.2) is 0 Å². The first-order valence-corrected chi connectivity index (χ1v) is 6.78. The SMILES string of the molecule is Cc1nn(C)c(C(=O)N2CCCC(C)C2)c1Br. The number of piperidine rings is 1. The summed E-state index contributed by atoms with van der Waals surface area (Å²) in [5.74, 6) is 0.687. The first-order valence-electron chi connectivity index (χ1n) is 5.99. The Bertz CT molecular complexity index is 441. The molecule has 1 fully saturated rings. The van der Waals surface area contributed by atoms with Gasteiger partial charge in [0.25, 0.3) is 5.91 Å². The average molecular weight is 300 g/mol. The number of hydrogen-bond donors (Lipinski definition) is 0. The summed E-state index contributed by atoms with van der Waals surface area (Å²) in [6.07, 6.45) is 2.32. The van der Waals surface area contributed by atoms with Crippen LogP contribution in [-0.2, 0) is 7.05 Å². The lowest BCUT2D eigenvalue weighted by Crippen LogP contribution is -2.40. The molecule has 1 amide bonds. The first-order chi connectivity index (χ1) is 8.00. The molecule has 0 spiro atoms. The average Bonchev–Trinajstić information content (AvgIpc) is 2.52. The largest absolute Gasteiger partial charge is 0.337 e. The molecule has 1 saturated heterocycles. The number of aromatic nitrogens is 2. The lowest BCUT2D eigenvalue weighted by Gasteiger charge is -2.30. The van der Waals surface area contributed by atoms with E-state index in [1.807, 2.05) is 18.9 Å². The second-order valence-electron chi connectivity index (χ2n) is 4.87. The van der Waals surface area contributed by atoms with Gasteiger partial charge in [0.1, 0.15) is 5.69 Å². The lowest BCUT2D eigenvalue weighted by molar-refractivity contribution is 0.0671. The molecule has 5 heteroatoms. The minimum atomic E-state index is 0.0894. The van der Waals surface area contributed by atoms with Gasteiger partial charge in [0, 0.05) is 20.1 Å². The fourth-order valence-electron chi connectivity index (χ4n) is 2.39. The van der Waals surface area contributed by atoms with Gasteiger partial charge in [-0.05, 0) is 41.6 Å². The zero-order chi connectivity index (χ0) is 12.6. The number of likely N-dealkylation sites (tertiary alicyclic amines) is 1. The van der Waals surface area contributed by atoms with Gasteiger partial charge >= 0.3 is 0 Å². The molecule has 2 rings (SSSR count). The third kappa shape index (κ3) is 2.39. The van der Waals surface area contributed by atoms with Crippen molar-refractivity contribution in [1.82, 2.24) is 14.7 Å². The Balaban J connectivity index is 2.24. The minimum Gasteiger partial charge on any atom is -0.337 e. The molecule has 0 bridgehead atoms. The summed E-state index contributed by atoms with van der Waals surface area (Å²) in [5.41, 5.74) is 1.53. The highest BCUT2D eigenvalue weighted by Crippen LogP contribution is 2.24. The van der Waals surface area contributed by atoms with E-state index in [1.54, 1.807) is 4.68 Å². The van der Waals surface area contributed by atoms with Crippen LogP contribution in [0.15, 0.2) is 4.47 Å². The summed E-state index contributed by atoms with van der Waals surface area (Å²) < 4.78 is 2.49. The Hall–Kier alpha value is -0.840. The third-order valence-electron chi connectivity index (χ3n) is 3.30. The predicted molar refractivity (Wildman–Crippen MR) is 69.9 cm³/mol. The van der Waals surface area contributed by atoms with Crippen molar-refractivity contribution >= 4 is 21.8 Å². The van der Waals surface area contributed by atoms with E-state index in [0.717, 1.165) is 29.7 Å². The fourth-order valence-corrected chi connectivity index (χ4v) is 2.89. The number of carbonyl (C=O) groups excluding carboxylic acids is 1. The zero-order valence-corrected chi connectivity index (χ0v) is 12.1. The lowest BCUT2D eigenvalue weighted by atomic mass is 10.00. The highest BCUT2D eigenvalue weighted by atomic mass is 79.9. The first kappa shape index (κ1) is 12.6. The summed E-state index contributed by atoms with van der Waals surface area (Å²) in [6, 6.07) is 0. The fraction of sp³-hybridized carbons (Fsp3) is 0.667. The molecule has 0 N–H and O–H groups in total. The number of amides is 1. The van der Waals surface area contributed by atoms with Gasteiger partial charge in [-0.15, -0.1) is 0 Å². The number of nitrogens with zero attached hydrogens (tertiary/aromatic N) is 3. The zero-order valence-electron chi connectivity index (χ0n) is 10.5. The van der Waals surface area contributed by atoms with E-state index < -0.39 is 0 Å². The molecule has 2 heterocycles. The molecule has 0 aliphatic carbocycles. The number of aryl methyl sites for hydroxylation is 2. The quantitative estimate of drug-likeness (QED) is 0.798. The van der Waals surface area contributed by atoms with E-state index >= 15 is 0 Å². The normalized spacial score (nSPS) is 20.7. The molecule has 1 aromatic heterocycles. The summed E-state index contributed by atoms with van der Waals surface area (Å²) in [5, 5.41) is 4.27. The van der Waals surface area contributed by atoms with Crippen LogP contribution in [0.3, 0.4) is 0 Å². The van der Waals surface area contributed by atoms with Crippen LogP contribution in [0.4, 0.5) is 0 Å². The maximum absolute atomic E-state index is 12.4. The van der Waals surface area contributed by atoms with E-state index in [-0.39, 0.29) is 5.91 Å². The van der Waals surface area contributed by atoms with Crippen LogP contribution in [0.1, 0.15) is 35.9 Å². The number of halogens is 1. The Morgan fingerprint density at radius 2 is 2.24 bits per heavy atom. The van der Waals surface area contributed by atoms with E-state index in [4.69, 9.17) is 0 Å². The minimum absolute atomic E-state index is 0.0894. The second-order valence-corrected chi connectivity index (χ2v) is 5.66. The van der Waals surface area contributed by atoms with E-state index in [9.17, 15) is 4.79 Å². The smallest absolute Gasteiger partial charge is 0.273 e. The van der Waals surface area contributed by atoms with Gasteiger partial charge in [0.15, 0.2) is 0 Å². The third-order valence-corrected chi connectivity index (χ3v) is 4.25. The van der Waals surface area contributed by atoms with Gasteiger partial charge < -0.3 is 4.90 Å². The Morgan fingerprint density at radius 3 is 2.76 bits per heavy atom. The van der Waals surface area contributed by atoms with Gasteiger partial charge in [0.2, 0.25) is 0 Å². The van der Waals surface area contributed by atoms with Crippen LogP contribution in [0, 0.1) is 12.8 Å². The van der Waals surface area contributed by atoms with Crippen molar-refractivity contribution in [2.75, 3.05) is 13.1 Å². The van der Waals surface area contributed by atoms with Crippen LogP contribution < -0.4 is 0 Å². The van der Waals surface area contributed by atoms with Gasteiger partial charge in [0.05, 0.1) is 10.2 Å². The summed E-state index contributed by atoms with van der Waals surface area (Å²) in [6.45, 7) is 5.82. The molecule has 1 atom stereocenters. The molecular formula is C12H18BrN3O. The molecule has 0 saturated carbocycles. The molecule has 1 aliphatic heterocycles.